The lowest BCUT2D eigenvalue weighted by Gasteiger charge is -2.27. The number of carbonyl (C=O) groups is 1. The third-order valence-corrected chi connectivity index (χ3v) is 3.98. The van der Waals surface area contributed by atoms with Crippen LogP contribution in [0.5, 0.6) is 0 Å². The first-order valence-electron chi connectivity index (χ1n) is 6.74. The molecule has 3 nitrogen and oxygen atoms in total. The average molecular weight is 282 g/mol. The minimum Gasteiger partial charge on any atom is -0.469 e. The zero-order chi connectivity index (χ0) is 13.7. The quantitative estimate of drug-likeness (QED) is 0.862. The fraction of sp³-hybridized carbons (Fsp3) is 0.533. The highest BCUT2D eigenvalue weighted by molar-refractivity contribution is 6.30. The van der Waals surface area contributed by atoms with E-state index < -0.39 is 0 Å². The number of carbonyl (C=O) groups excluding carboxylic acids is 1. The number of hydrogen-bond acceptors (Lipinski definition) is 3. The molecular weight excluding hydrogens is 262 g/mol. The molecule has 1 N–H and O–H groups in total. The van der Waals surface area contributed by atoms with Crippen molar-refractivity contribution < 1.29 is 9.53 Å². The molecule has 0 spiro atoms. The van der Waals surface area contributed by atoms with Crippen molar-refractivity contribution in [3.8, 4) is 0 Å². The summed E-state index contributed by atoms with van der Waals surface area (Å²) in [6.07, 6.45) is 3.89. The van der Waals surface area contributed by atoms with Crippen LogP contribution in [0, 0.1) is 5.92 Å². The Bertz CT molecular complexity index is 428. The van der Waals surface area contributed by atoms with Crippen LogP contribution in [0.15, 0.2) is 24.3 Å². The van der Waals surface area contributed by atoms with E-state index in [1.165, 1.54) is 12.7 Å². The number of nitrogens with one attached hydrogen (secondary N) is 1. The van der Waals surface area contributed by atoms with Crippen LogP contribution in [-0.2, 0) is 16.1 Å². The zero-order valence-electron chi connectivity index (χ0n) is 11.2. The molecule has 0 unspecified atom stereocenters. The van der Waals surface area contributed by atoms with E-state index in [2.05, 4.69) is 11.4 Å². The summed E-state index contributed by atoms with van der Waals surface area (Å²) in [6, 6.07) is 8.38. The smallest absolute Gasteiger partial charge is 0.308 e. The Kier molecular flexibility index (Phi) is 5.23. The van der Waals surface area contributed by atoms with Gasteiger partial charge in [0.2, 0.25) is 0 Å². The maximum Gasteiger partial charge on any atom is 0.308 e. The minimum atomic E-state index is -0.0618. The van der Waals surface area contributed by atoms with Gasteiger partial charge in [-0.2, -0.15) is 0 Å². The molecule has 0 saturated heterocycles. The van der Waals surface area contributed by atoms with Gasteiger partial charge in [-0.1, -0.05) is 23.7 Å². The van der Waals surface area contributed by atoms with Gasteiger partial charge < -0.3 is 10.1 Å². The lowest BCUT2D eigenvalue weighted by atomic mass is 9.86. The second kappa shape index (κ2) is 6.92. The van der Waals surface area contributed by atoms with E-state index in [1.807, 2.05) is 18.2 Å². The molecule has 1 aromatic rings. The van der Waals surface area contributed by atoms with E-state index in [1.54, 1.807) is 0 Å². The lowest BCUT2D eigenvalue weighted by molar-refractivity contribution is -0.146. The minimum absolute atomic E-state index is 0.0618. The van der Waals surface area contributed by atoms with Crippen molar-refractivity contribution in [3.05, 3.63) is 34.9 Å². The lowest BCUT2D eigenvalue weighted by Crippen LogP contribution is -2.34. The molecule has 0 aromatic heterocycles. The summed E-state index contributed by atoms with van der Waals surface area (Å²) in [5, 5.41) is 4.30. The van der Waals surface area contributed by atoms with Gasteiger partial charge in [0.25, 0.3) is 0 Å². The van der Waals surface area contributed by atoms with Gasteiger partial charge in [0.05, 0.1) is 13.0 Å². The Hall–Kier alpha value is -1.06. The highest BCUT2D eigenvalue weighted by Gasteiger charge is 2.26. The van der Waals surface area contributed by atoms with Crippen molar-refractivity contribution >= 4 is 17.6 Å². The number of rotatable bonds is 4. The molecule has 104 valence electrons. The van der Waals surface area contributed by atoms with Crippen molar-refractivity contribution in [3.63, 3.8) is 0 Å². The Morgan fingerprint density at radius 1 is 1.37 bits per heavy atom. The number of ether oxygens (including phenoxy) is 1. The summed E-state index contributed by atoms with van der Waals surface area (Å²) < 4.78 is 4.79. The molecular formula is C15H20ClNO2. The second-order valence-electron chi connectivity index (χ2n) is 5.08. The van der Waals surface area contributed by atoms with Crippen molar-refractivity contribution in [2.24, 2.45) is 5.92 Å². The summed E-state index contributed by atoms with van der Waals surface area (Å²) in [5.41, 5.74) is 1.20. The van der Waals surface area contributed by atoms with Crippen LogP contribution in [0.4, 0.5) is 0 Å². The van der Waals surface area contributed by atoms with E-state index in [4.69, 9.17) is 16.3 Å². The second-order valence-corrected chi connectivity index (χ2v) is 5.52. The molecule has 4 heteroatoms. The van der Waals surface area contributed by atoms with Gasteiger partial charge in [0.1, 0.15) is 0 Å². The van der Waals surface area contributed by atoms with Crippen molar-refractivity contribution in [1.82, 2.24) is 5.32 Å². The highest BCUT2D eigenvalue weighted by atomic mass is 35.5. The molecule has 0 bridgehead atoms. The largest absolute Gasteiger partial charge is 0.469 e. The molecule has 0 atom stereocenters. The van der Waals surface area contributed by atoms with Crippen LogP contribution >= 0.6 is 11.6 Å². The average Bonchev–Trinajstić information content (AvgIpc) is 2.45. The van der Waals surface area contributed by atoms with E-state index in [9.17, 15) is 4.79 Å². The molecule has 0 amide bonds. The number of hydrogen-bond donors (Lipinski definition) is 1. The normalized spacial score (nSPS) is 23.1. The molecule has 19 heavy (non-hydrogen) atoms. The van der Waals surface area contributed by atoms with Gasteiger partial charge in [-0.15, -0.1) is 0 Å². The molecule has 0 radical (unpaired) electrons. The molecule has 1 saturated carbocycles. The monoisotopic (exact) mass is 281 g/mol. The van der Waals surface area contributed by atoms with Gasteiger partial charge in [-0.05, 0) is 43.4 Å². The number of halogens is 1. The van der Waals surface area contributed by atoms with Crippen molar-refractivity contribution in [1.29, 1.82) is 0 Å². The molecule has 1 fully saturated rings. The number of benzene rings is 1. The number of methoxy groups -OCH3 is 1. The maximum atomic E-state index is 11.4. The summed E-state index contributed by atoms with van der Waals surface area (Å²) in [4.78, 5) is 11.4. The Morgan fingerprint density at radius 3 is 2.74 bits per heavy atom. The van der Waals surface area contributed by atoms with E-state index in [-0.39, 0.29) is 11.9 Å². The van der Waals surface area contributed by atoms with Gasteiger partial charge in [0.15, 0.2) is 0 Å². The Morgan fingerprint density at radius 2 is 2.11 bits per heavy atom. The Balaban J connectivity index is 1.75. The summed E-state index contributed by atoms with van der Waals surface area (Å²) in [6.45, 7) is 0.827. The molecule has 1 aliphatic rings. The molecule has 0 heterocycles. The first kappa shape index (κ1) is 14.4. The first-order valence-corrected chi connectivity index (χ1v) is 7.12. The van der Waals surface area contributed by atoms with Gasteiger partial charge in [-0.25, -0.2) is 0 Å². The molecule has 1 aromatic carbocycles. The van der Waals surface area contributed by atoms with Gasteiger partial charge in [-0.3, -0.25) is 4.79 Å². The Labute approximate surface area is 119 Å². The third kappa shape index (κ3) is 4.22. The summed E-state index contributed by atoms with van der Waals surface area (Å²) in [7, 11) is 1.46. The van der Waals surface area contributed by atoms with E-state index >= 15 is 0 Å². The molecule has 2 rings (SSSR count). The highest BCUT2D eigenvalue weighted by Crippen LogP contribution is 2.25. The molecule has 0 aliphatic heterocycles. The van der Waals surface area contributed by atoms with Crippen LogP contribution < -0.4 is 5.32 Å². The van der Waals surface area contributed by atoms with Gasteiger partial charge >= 0.3 is 5.97 Å². The summed E-state index contributed by atoms with van der Waals surface area (Å²) in [5.74, 6) is 0.0301. The SMILES string of the molecule is COC(=O)C1CCC(NCc2cccc(Cl)c2)CC1. The standard InChI is InChI=1S/C15H20ClNO2/c1-19-15(18)12-5-7-14(8-6-12)17-10-11-3-2-4-13(16)9-11/h2-4,9,12,14,17H,5-8,10H2,1H3. The van der Waals surface area contributed by atoms with Crippen LogP contribution in [0.2, 0.25) is 5.02 Å². The predicted molar refractivity (Wildman–Crippen MR) is 76.1 cm³/mol. The topological polar surface area (TPSA) is 38.3 Å². The predicted octanol–water partition coefficient (Wildman–Crippen LogP) is 3.16. The van der Waals surface area contributed by atoms with Crippen LogP contribution in [0.3, 0.4) is 0 Å². The van der Waals surface area contributed by atoms with Crippen LogP contribution in [0.1, 0.15) is 31.2 Å². The van der Waals surface area contributed by atoms with E-state index in [0.717, 1.165) is 37.3 Å². The number of esters is 1. The third-order valence-electron chi connectivity index (χ3n) is 3.75. The van der Waals surface area contributed by atoms with Crippen molar-refractivity contribution in [2.45, 2.75) is 38.3 Å². The summed E-state index contributed by atoms with van der Waals surface area (Å²) >= 11 is 5.96. The van der Waals surface area contributed by atoms with Crippen LogP contribution in [-0.4, -0.2) is 19.1 Å². The zero-order valence-corrected chi connectivity index (χ0v) is 12.0. The first-order chi connectivity index (χ1) is 9.19. The van der Waals surface area contributed by atoms with Crippen molar-refractivity contribution in [2.75, 3.05) is 7.11 Å². The maximum absolute atomic E-state index is 11.4. The fourth-order valence-corrected chi connectivity index (χ4v) is 2.82. The molecule has 1 aliphatic carbocycles. The van der Waals surface area contributed by atoms with Gasteiger partial charge in [0, 0.05) is 17.6 Å². The fourth-order valence-electron chi connectivity index (χ4n) is 2.61. The van der Waals surface area contributed by atoms with Crippen LogP contribution in [0.25, 0.3) is 0 Å². The van der Waals surface area contributed by atoms with E-state index in [0.29, 0.717) is 6.04 Å².